The summed E-state index contributed by atoms with van der Waals surface area (Å²) in [7, 11) is 0. The molecule has 0 bridgehead atoms. The van der Waals surface area contributed by atoms with Gasteiger partial charge in [0, 0.05) is 12.1 Å². The first-order chi connectivity index (χ1) is 13.2. The third-order valence-electron chi connectivity index (χ3n) is 5.16. The van der Waals surface area contributed by atoms with Gasteiger partial charge in [0.2, 0.25) is 5.88 Å². The summed E-state index contributed by atoms with van der Waals surface area (Å²) in [6.45, 7) is 5.08. The zero-order valence-corrected chi connectivity index (χ0v) is 15.2. The van der Waals surface area contributed by atoms with Crippen molar-refractivity contribution < 1.29 is 9.47 Å². The van der Waals surface area contributed by atoms with Gasteiger partial charge in [-0.25, -0.2) is 9.97 Å². The van der Waals surface area contributed by atoms with Gasteiger partial charge in [0.25, 0.3) is 0 Å². The Kier molecular flexibility index (Phi) is 3.86. The van der Waals surface area contributed by atoms with E-state index >= 15 is 0 Å². The Morgan fingerprint density at radius 2 is 2.15 bits per heavy atom. The highest BCUT2D eigenvalue weighted by Crippen LogP contribution is 2.35. The number of hydrogen-bond donors (Lipinski definition) is 2. The van der Waals surface area contributed by atoms with Gasteiger partial charge in [-0.2, -0.15) is 4.98 Å². The minimum Gasteiger partial charge on any atom is -0.477 e. The molecule has 1 atom stereocenters. The average molecular weight is 366 g/mol. The van der Waals surface area contributed by atoms with E-state index in [1.165, 1.54) is 0 Å². The zero-order valence-electron chi connectivity index (χ0n) is 15.2. The molecular formula is C19H22N6O2. The lowest BCUT2D eigenvalue weighted by atomic mass is 10.1. The normalized spacial score (nSPS) is 19.7. The highest BCUT2D eigenvalue weighted by molar-refractivity contribution is 5.82. The lowest BCUT2D eigenvalue weighted by Gasteiger charge is -2.36. The summed E-state index contributed by atoms with van der Waals surface area (Å²) in [5, 5.41) is 0. The molecule has 1 saturated heterocycles. The molecular weight excluding hydrogens is 344 g/mol. The summed E-state index contributed by atoms with van der Waals surface area (Å²) in [4.78, 5) is 19.3. The molecule has 2 aliphatic heterocycles. The van der Waals surface area contributed by atoms with E-state index in [9.17, 15) is 0 Å². The lowest BCUT2D eigenvalue weighted by molar-refractivity contribution is 0.0983. The number of nitrogen functional groups attached to an aromatic ring is 1. The number of benzene rings is 1. The summed E-state index contributed by atoms with van der Waals surface area (Å²) < 4.78 is 11.5. The Morgan fingerprint density at radius 1 is 1.22 bits per heavy atom. The number of ether oxygens (including phenoxy) is 2. The number of hydrogen-bond acceptors (Lipinski definition) is 7. The fourth-order valence-corrected chi connectivity index (χ4v) is 3.78. The van der Waals surface area contributed by atoms with E-state index in [0.717, 1.165) is 47.4 Å². The fraction of sp³-hybridized carbons (Fsp3) is 0.421. The molecule has 0 aliphatic carbocycles. The number of nitrogens with zero attached hydrogens (tertiary/aromatic N) is 4. The molecule has 0 radical (unpaired) electrons. The van der Waals surface area contributed by atoms with Crippen molar-refractivity contribution in [3.63, 3.8) is 0 Å². The number of nitrogens with two attached hydrogens (primary N) is 1. The van der Waals surface area contributed by atoms with Crippen LogP contribution in [0.5, 0.6) is 5.88 Å². The van der Waals surface area contributed by atoms with Crippen LogP contribution in [0.4, 0.5) is 11.8 Å². The maximum absolute atomic E-state index is 5.89. The number of aromatic nitrogens is 4. The predicted molar refractivity (Wildman–Crippen MR) is 103 cm³/mol. The van der Waals surface area contributed by atoms with Gasteiger partial charge in [-0.3, -0.25) is 0 Å². The van der Waals surface area contributed by atoms with E-state index in [4.69, 9.17) is 25.2 Å². The number of H-pyrrole nitrogens is 1. The molecule has 2 aliphatic rings. The van der Waals surface area contributed by atoms with Crippen molar-refractivity contribution in [2.24, 2.45) is 0 Å². The SMILES string of the molecule is CC1COCCN1c1nc(-c2ccc3nc(N)[nH]c3c2)nc2c1CCCO2. The molecule has 0 amide bonds. The van der Waals surface area contributed by atoms with Crippen LogP contribution < -0.4 is 15.4 Å². The van der Waals surface area contributed by atoms with Gasteiger partial charge >= 0.3 is 0 Å². The van der Waals surface area contributed by atoms with E-state index < -0.39 is 0 Å². The Labute approximate surface area is 156 Å². The fourth-order valence-electron chi connectivity index (χ4n) is 3.78. The van der Waals surface area contributed by atoms with Gasteiger partial charge in [0.05, 0.1) is 42.5 Å². The number of morpholine rings is 1. The third kappa shape index (κ3) is 2.86. The molecule has 140 valence electrons. The van der Waals surface area contributed by atoms with Gasteiger partial charge in [-0.15, -0.1) is 0 Å². The zero-order chi connectivity index (χ0) is 18.4. The van der Waals surface area contributed by atoms with Crippen LogP contribution in [0.3, 0.4) is 0 Å². The summed E-state index contributed by atoms with van der Waals surface area (Å²) in [5.74, 6) is 2.72. The van der Waals surface area contributed by atoms with Crippen molar-refractivity contribution in [1.82, 2.24) is 19.9 Å². The van der Waals surface area contributed by atoms with Crippen LogP contribution in [0.2, 0.25) is 0 Å². The maximum atomic E-state index is 5.89. The first kappa shape index (κ1) is 16.3. The summed E-state index contributed by atoms with van der Waals surface area (Å²) in [6.07, 6.45) is 1.92. The molecule has 2 aromatic heterocycles. The Hall–Kier alpha value is -2.87. The first-order valence-corrected chi connectivity index (χ1v) is 9.33. The van der Waals surface area contributed by atoms with Crippen molar-refractivity contribution in [2.45, 2.75) is 25.8 Å². The number of imidazole rings is 1. The second-order valence-corrected chi connectivity index (χ2v) is 7.08. The second kappa shape index (κ2) is 6.38. The average Bonchev–Trinajstić information content (AvgIpc) is 3.07. The maximum Gasteiger partial charge on any atom is 0.222 e. The largest absolute Gasteiger partial charge is 0.477 e. The monoisotopic (exact) mass is 366 g/mol. The second-order valence-electron chi connectivity index (χ2n) is 7.08. The van der Waals surface area contributed by atoms with Crippen LogP contribution in [0.1, 0.15) is 18.9 Å². The molecule has 3 aromatic rings. The topological polar surface area (TPSA) is 102 Å². The number of rotatable bonds is 2. The molecule has 8 heteroatoms. The van der Waals surface area contributed by atoms with Crippen molar-refractivity contribution in [1.29, 1.82) is 0 Å². The molecule has 27 heavy (non-hydrogen) atoms. The molecule has 4 heterocycles. The minimum absolute atomic E-state index is 0.266. The molecule has 1 aromatic carbocycles. The van der Waals surface area contributed by atoms with Crippen molar-refractivity contribution in [2.75, 3.05) is 37.0 Å². The van der Waals surface area contributed by atoms with Gasteiger partial charge in [-0.05, 0) is 38.0 Å². The smallest absolute Gasteiger partial charge is 0.222 e. The van der Waals surface area contributed by atoms with Crippen molar-refractivity contribution in [3.05, 3.63) is 23.8 Å². The van der Waals surface area contributed by atoms with Gasteiger partial charge in [0.15, 0.2) is 11.8 Å². The van der Waals surface area contributed by atoms with Crippen LogP contribution in [0, 0.1) is 0 Å². The van der Waals surface area contributed by atoms with E-state index in [1.54, 1.807) is 0 Å². The molecule has 0 saturated carbocycles. The van der Waals surface area contributed by atoms with Crippen LogP contribution in [0.15, 0.2) is 18.2 Å². The van der Waals surface area contributed by atoms with Crippen LogP contribution >= 0.6 is 0 Å². The third-order valence-corrected chi connectivity index (χ3v) is 5.16. The highest BCUT2D eigenvalue weighted by Gasteiger charge is 2.28. The lowest BCUT2D eigenvalue weighted by Crippen LogP contribution is -2.45. The standard InChI is InChI=1S/C19H22N6O2/c1-11-10-26-8-6-25(11)17-13-3-2-7-27-18(13)24-16(23-17)12-4-5-14-15(9-12)22-19(20)21-14/h4-5,9,11H,2-3,6-8,10H2,1H3,(H3,20,21,22). The molecule has 5 rings (SSSR count). The first-order valence-electron chi connectivity index (χ1n) is 9.33. The van der Waals surface area contributed by atoms with Gasteiger partial charge in [-0.1, -0.05) is 0 Å². The van der Waals surface area contributed by atoms with E-state index in [0.29, 0.717) is 37.5 Å². The van der Waals surface area contributed by atoms with Gasteiger partial charge < -0.3 is 25.1 Å². The molecule has 3 N–H and O–H groups in total. The van der Waals surface area contributed by atoms with Crippen molar-refractivity contribution in [3.8, 4) is 17.3 Å². The van der Waals surface area contributed by atoms with Crippen LogP contribution in [-0.2, 0) is 11.2 Å². The number of nitrogens with one attached hydrogen (secondary N) is 1. The van der Waals surface area contributed by atoms with Crippen molar-refractivity contribution >= 4 is 22.8 Å². The summed E-state index contributed by atoms with van der Waals surface area (Å²) >= 11 is 0. The van der Waals surface area contributed by atoms with E-state index in [1.807, 2.05) is 18.2 Å². The highest BCUT2D eigenvalue weighted by atomic mass is 16.5. The molecule has 0 spiro atoms. The summed E-state index contributed by atoms with van der Waals surface area (Å²) in [6, 6.07) is 6.15. The minimum atomic E-state index is 0.266. The quantitative estimate of drug-likeness (QED) is 0.716. The predicted octanol–water partition coefficient (Wildman–Crippen LogP) is 2.15. The number of fused-ring (bicyclic) bond motifs is 2. The van der Waals surface area contributed by atoms with Crippen LogP contribution in [-0.4, -0.2) is 52.3 Å². The van der Waals surface area contributed by atoms with E-state index in [2.05, 4.69) is 21.8 Å². The Morgan fingerprint density at radius 3 is 3.04 bits per heavy atom. The van der Waals surface area contributed by atoms with Gasteiger partial charge in [0.1, 0.15) is 5.82 Å². The number of aromatic amines is 1. The molecule has 1 unspecified atom stereocenters. The molecule has 8 nitrogen and oxygen atoms in total. The van der Waals surface area contributed by atoms with E-state index in [-0.39, 0.29) is 6.04 Å². The summed E-state index contributed by atoms with van der Waals surface area (Å²) in [5.41, 5.74) is 9.48. The van der Waals surface area contributed by atoms with Crippen LogP contribution in [0.25, 0.3) is 22.4 Å². The Bertz CT molecular complexity index is 1000. The number of anilines is 2. The molecule has 1 fully saturated rings. The Balaban J connectivity index is 1.64.